The summed E-state index contributed by atoms with van der Waals surface area (Å²) >= 11 is 0. The van der Waals surface area contributed by atoms with E-state index >= 15 is 0 Å². The molecule has 0 saturated carbocycles. The third-order valence-electron chi connectivity index (χ3n) is 5.14. The highest BCUT2D eigenvalue weighted by Gasteiger charge is 2.39. The normalized spacial score (nSPS) is 18.9. The average molecular weight is 325 g/mol. The maximum absolute atomic E-state index is 6.73. The number of hydrogen-bond donors (Lipinski definition) is 1. The van der Waals surface area contributed by atoms with E-state index in [-0.39, 0.29) is 5.41 Å². The third-order valence-corrected chi connectivity index (χ3v) is 8.05. The van der Waals surface area contributed by atoms with Crippen LogP contribution in [-0.2, 0) is 5.41 Å². The number of anilines is 1. The number of rotatable bonds is 2. The fraction of sp³-hybridized carbons (Fsp3) is 0.429. The van der Waals surface area contributed by atoms with Crippen molar-refractivity contribution in [2.24, 2.45) is 0 Å². The number of nitrogen functional groups attached to an aromatic ring is 1. The predicted octanol–water partition coefficient (Wildman–Crippen LogP) is 4.87. The Morgan fingerprint density at radius 1 is 0.913 bits per heavy atom. The SMILES string of the molecule is CC(C)c1ccc2c(c1N)P(C(C)C)c1ccccc1C2(C)C. The maximum atomic E-state index is 6.73. The first-order chi connectivity index (χ1) is 10.8. The second kappa shape index (κ2) is 5.64. The summed E-state index contributed by atoms with van der Waals surface area (Å²) in [5.74, 6) is 0.463. The van der Waals surface area contributed by atoms with E-state index in [2.05, 4.69) is 77.9 Å². The fourth-order valence-electron chi connectivity index (χ4n) is 3.91. The molecule has 0 saturated heterocycles. The summed E-state index contributed by atoms with van der Waals surface area (Å²) in [6.07, 6.45) is 0. The van der Waals surface area contributed by atoms with E-state index in [0.717, 1.165) is 5.69 Å². The monoisotopic (exact) mass is 325 g/mol. The molecule has 0 bridgehead atoms. The van der Waals surface area contributed by atoms with Crippen molar-refractivity contribution in [3.05, 3.63) is 53.1 Å². The first kappa shape index (κ1) is 16.5. The summed E-state index contributed by atoms with van der Waals surface area (Å²) in [6.45, 7) is 13.8. The van der Waals surface area contributed by atoms with Crippen molar-refractivity contribution in [1.29, 1.82) is 0 Å². The molecule has 0 fully saturated rings. The molecule has 2 N–H and O–H groups in total. The molecule has 1 unspecified atom stereocenters. The molecule has 1 aliphatic rings. The van der Waals surface area contributed by atoms with Crippen LogP contribution in [0.2, 0.25) is 0 Å². The van der Waals surface area contributed by atoms with Crippen LogP contribution in [0.15, 0.2) is 36.4 Å². The zero-order valence-electron chi connectivity index (χ0n) is 15.1. The standard InChI is InChI=1S/C21H28NP/c1-13(2)15-11-12-17-20(19(15)22)23(14(3)4)18-10-8-7-9-16(18)21(17,5)6/h7-14H,22H2,1-6H3. The van der Waals surface area contributed by atoms with Gasteiger partial charge in [0.15, 0.2) is 0 Å². The van der Waals surface area contributed by atoms with Crippen LogP contribution in [0.3, 0.4) is 0 Å². The fourth-order valence-corrected chi connectivity index (χ4v) is 7.08. The molecule has 3 rings (SSSR count). The molecule has 0 radical (unpaired) electrons. The van der Waals surface area contributed by atoms with Gasteiger partial charge in [-0.05, 0) is 41.5 Å². The molecule has 0 aliphatic carbocycles. The van der Waals surface area contributed by atoms with Crippen molar-refractivity contribution in [2.75, 3.05) is 5.73 Å². The van der Waals surface area contributed by atoms with E-state index in [9.17, 15) is 0 Å². The first-order valence-electron chi connectivity index (χ1n) is 8.58. The summed E-state index contributed by atoms with van der Waals surface area (Å²) in [5.41, 5.74) is 12.6. The van der Waals surface area contributed by atoms with Crippen molar-refractivity contribution in [2.45, 2.75) is 58.5 Å². The number of fused-ring (bicyclic) bond motifs is 2. The molecular formula is C21H28NP. The zero-order chi connectivity index (χ0) is 16.9. The summed E-state index contributed by atoms with van der Waals surface area (Å²) in [7, 11) is -0.408. The molecule has 1 heterocycles. The Balaban J connectivity index is 2.37. The first-order valence-corrected chi connectivity index (χ1v) is 9.99. The van der Waals surface area contributed by atoms with Gasteiger partial charge in [-0.2, -0.15) is 0 Å². The lowest BCUT2D eigenvalue weighted by molar-refractivity contribution is 0.646. The van der Waals surface area contributed by atoms with Gasteiger partial charge in [-0.1, -0.05) is 77.9 Å². The Labute approximate surface area is 142 Å². The number of nitrogens with two attached hydrogens (primary N) is 1. The van der Waals surface area contributed by atoms with Crippen molar-refractivity contribution >= 4 is 24.2 Å². The minimum absolute atomic E-state index is 0.0171. The van der Waals surface area contributed by atoms with E-state index in [4.69, 9.17) is 5.73 Å². The van der Waals surface area contributed by atoms with E-state index < -0.39 is 7.92 Å². The van der Waals surface area contributed by atoms with Gasteiger partial charge in [0.2, 0.25) is 0 Å². The van der Waals surface area contributed by atoms with Crippen LogP contribution in [0, 0.1) is 0 Å². The second-order valence-corrected chi connectivity index (χ2v) is 10.4. The zero-order valence-corrected chi connectivity index (χ0v) is 16.0. The van der Waals surface area contributed by atoms with Gasteiger partial charge < -0.3 is 5.73 Å². The molecule has 1 aliphatic heterocycles. The third kappa shape index (κ3) is 2.41. The van der Waals surface area contributed by atoms with E-state index in [1.165, 1.54) is 27.3 Å². The van der Waals surface area contributed by atoms with Gasteiger partial charge in [0, 0.05) is 16.4 Å². The van der Waals surface area contributed by atoms with Crippen LogP contribution >= 0.6 is 7.92 Å². The van der Waals surface area contributed by atoms with Crippen LogP contribution in [-0.4, -0.2) is 5.66 Å². The highest BCUT2D eigenvalue weighted by Crippen LogP contribution is 2.52. The molecular weight excluding hydrogens is 297 g/mol. The molecule has 2 aromatic rings. The van der Waals surface area contributed by atoms with Gasteiger partial charge in [0.1, 0.15) is 0 Å². The lowest BCUT2D eigenvalue weighted by atomic mass is 9.77. The largest absolute Gasteiger partial charge is 0.398 e. The lowest BCUT2D eigenvalue weighted by Gasteiger charge is -2.42. The highest BCUT2D eigenvalue weighted by atomic mass is 31.1. The molecule has 0 aromatic heterocycles. The molecule has 1 nitrogen and oxygen atoms in total. The highest BCUT2D eigenvalue weighted by molar-refractivity contribution is 7.74. The Morgan fingerprint density at radius 2 is 1.57 bits per heavy atom. The van der Waals surface area contributed by atoms with Gasteiger partial charge in [0.05, 0.1) is 0 Å². The van der Waals surface area contributed by atoms with Gasteiger partial charge >= 0.3 is 0 Å². The Bertz CT molecular complexity index is 744. The van der Waals surface area contributed by atoms with Crippen molar-refractivity contribution in [3.8, 4) is 0 Å². The van der Waals surface area contributed by atoms with Crippen LogP contribution in [0.25, 0.3) is 0 Å². The topological polar surface area (TPSA) is 26.0 Å². The molecule has 1 atom stereocenters. The van der Waals surface area contributed by atoms with Crippen LogP contribution in [0.1, 0.15) is 64.2 Å². The Morgan fingerprint density at radius 3 is 2.17 bits per heavy atom. The molecule has 2 aromatic carbocycles. The quantitative estimate of drug-likeness (QED) is 0.618. The van der Waals surface area contributed by atoms with Gasteiger partial charge in [-0.15, -0.1) is 0 Å². The van der Waals surface area contributed by atoms with E-state index in [0.29, 0.717) is 11.6 Å². The van der Waals surface area contributed by atoms with Crippen molar-refractivity contribution < 1.29 is 0 Å². The van der Waals surface area contributed by atoms with Crippen molar-refractivity contribution in [3.63, 3.8) is 0 Å². The second-order valence-electron chi connectivity index (χ2n) is 7.73. The van der Waals surface area contributed by atoms with Crippen LogP contribution in [0.5, 0.6) is 0 Å². The number of hydrogen-bond acceptors (Lipinski definition) is 1. The van der Waals surface area contributed by atoms with Gasteiger partial charge in [-0.3, -0.25) is 0 Å². The van der Waals surface area contributed by atoms with Crippen LogP contribution < -0.4 is 16.3 Å². The smallest absolute Gasteiger partial charge is 0.0433 e. The Kier molecular flexibility index (Phi) is 4.05. The summed E-state index contributed by atoms with van der Waals surface area (Å²) in [6, 6.07) is 13.6. The molecule has 0 amide bonds. The summed E-state index contributed by atoms with van der Waals surface area (Å²) in [4.78, 5) is 0. The minimum atomic E-state index is -0.408. The molecule has 2 heteroatoms. The predicted molar refractivity (Wildman–Crippen MR) is 105 cm³/mol. The summed E-state index contributed by atoms with van der Waals surface area (Å²) < 4.78 is 0. The van der Waals surface area contributed by atoms with E-state index in [1.807, 2.05) is 0 Å². The number of benzene rings is 2. The Hall–Kier alpha value is -1.33. The van der Waals surface area contributed by atoms with Gasteiger partial charge in [-0.25, -0.2) is 0 Å². The minimum Gasteiger partial charge on any atom is -0.398 e. The maximum Gasteiger partial charge on any atom is 0.0433 e. The molecule has 23 heavy (non-hydrogen) atoms. The lowest BCUT2D eigenvalue weighted by Crippen LogP contribution is -2.40. The molecule has 0 spiro atoms. The van der Waals surface area contributed by atoms with E-state index in [1.54, 1.807) is 0 Å². The summed E-state index contributed by atoms with van der Waals surface area (Å²) in [5, 5.41) is 2.95. The molecule has 122 valence electrons. The van der Waals surface area contributed by atoms with Crippen molar-refractivity contribution in [1.82, 2.24) is 0 Å². The van der Waals surface area contributed by atoms with Gasteiger partial charge in [0.25, 0.3) is 0 Å². The average Bonchev–Trinajstić information content (AvgIpc) is 2.48. The van der Waals surface area contributed by atoms with Crippen LogP contribution in [0.4, 0.5) is 5.69 Å².